The Morgan fingerprint density at radius 1 is 1.18 bits per heavy atom. The van der Waals surface area contributed by atoms with E-state index < -0.39 is 52.7 Å². The van der Waals surface area contributed by atoms with E-state index in [1.54, 1.807) is 42.3 Å². The summed E-state index contributed by atoms with van der Waals surface area (Å²) in [6.45, 7) is 0.329. The van der Waals surface area contributed by atoms with Gasteiger partial charge in [-0.1, -0.05) is 6.07 Å². The Labute approximate surface area is 255 Å². The molecule has 2 unspecified atom stereocenters. The summed E-state index contributed by atoms with van der Waals surface area (Å²) in [7, 11) is -0.642. The van der Waals surface area contributed by atoms with Crippen LogP contribution in [0.1, 0.15) is 44.2 Å². The number of pyridine rings is 1. The van der Waals surface area contributed by atoms with Crippen molar-refractivity contribution in [2.24, 2.45) is 13.0 Å². The lowest BCUT2D eigenvalue weighted by molar-refractivity contribution is -0.119. The first-order chi connectivity index (χ1) is 21.2. The van der Waals surface area contributed by atoms with Crippen LogP contribution in [0.3, 0.4) is 0 Å². The van der Waals surface area contributed by atoms with Crippen LogP contribution in [-0.2, 0) is 26.6 Å². The number of anilines is 4. The largest absolute Gasteiger partial charge is 0.358 e. The van der Waals surface area contributed by atoms with Crippen LogP contribution in [0.4, 0.5) is 40.4 Å². The van der Waals surface area contributed by atoms with Crippen LogP contribution < -0.4 is 14.9 Å². The van der Waals surface area contributed by atoms with Gasteiger partial charge in [0.05, 0.1) is 41.5 Å². The van der Waals surface area contributed by atoms with E-state index in [1.165, 1.54) is 17.7 Å². The Morgan fingerprint density at radius 2 is 1.93 bits per heavy atom. The van der Waals surface area contributed by atoms with Crippen molar-refractivity contribution in [3.63, 3.8) is 0 Å². The first-order valence-corrected chi connectivity index (χ1v) is 15.9. The van der Waals surface area contributed by atoms with Gasteiger partial charge >= 0.3 is 0 Å². The fraction of sp³-hybridized carbons (Fsp3) is 0.429. The molecule has 1 aliphatic heterocycles. The van der Waals surface area contributed by atoms with Gasteiger partial charge < -0.3 is 19.9 Å². The van der Waals surface area contributed by atoms with E-state index in [1.807, 2.05) is 0 Å². The second-order valence-corrected chi connectivity index (χ2v) is 13.2. The van der Waals surface area contributed by atoms with Crippen molar-refractivity contribution < 1.29 is 35.5 Å². The topological polar surface area (TPSA) is 136 Å². The summed E-state index contributed by atoms with van der Waals surface area (Å²) in [5, 5.41) is 5.47. The number of fused-ring (bicyclic) bond motifs is 1. The van der Waals surface area contributed by atoms with Crippen molar-refractivity contribution in [1.29, 1.82) is 0 Å². The van der Waals surface area contributed by atoms with Crippen molar-refractivity contribution in [2.75, 3.05) is 34.8 Å². The summed E-state index contributed by atoms with van der Waals surface area (Å²) < 4.78 is 91.2. The molecule has 12 nitrogen and oxygen atoms in total. The van der Waals surface area contributed by atoms with Gasteiger partial charge in [0.1, 0.15) is 23.5 Å². The maximum Gasteiger partial charge on any atom is 0.295 e. The van der Waals surface area contributed by atoms with E-state index in [0.717, 1.165) is 17.0 Å². The number of carbonyl (C=O) groups excluding carboxylic acids is 1. The SMILES string of the molecule is CN(c1cc(-c2cncn2C)ccc1Nc1cc(NC(=O)C2CC2(F)F)nc2c1nc(C(F)F)n2C1CCCCO1)S(C)(=O)=O. The highest BCUT2D eigenvalue weighted by Gasteiger charge is 2.61. The molecule has 17 heteroatoms. The van der Waals surface area contributed by atoms with Crippen molar-refractivity contribution in [2.45, 2.75) is 44.3 Å². The highest BCUT2D eigenvalue weighted by atomic mass is 32.2. The van der Waals surface area contributed by atoms with Crippen molar-refractivity contribution in [3.05, 3.63) is 42.6 Å². The van der Waals surface area contributed by atoms with Gasteiger partial charge in [-0.05, 0) is 31.4 Å². The maximum atomic E-state index is 14.4. The molecule has 4 aromatic rings. The van der Waals surface area contributed by atoms with Gasteiger partial charge in [0, 0.05) is 38.8 Å². The predicted octanol–water partition coefficient (Wildman–Crippen LogP) is 5.20. The first kappa shape index (κ1) is 30.8. The van der Waals surface area contributed by atoms with E-state index in [2.05, 4.69) is 25.6 Å². The number of sulfonamides is 1. The van der Waals surface area contributed by atoms with Gasteiger partial charge in [0.15, 0.2) is 11.5 Å². The Bertz CT molecular complexity index is 1890. The molecule has 1 saturated heterocycles. The average Bonchev–Trinajstić information content (AvgIpc) is 3.27. The molecule has 1 aromatic carbocycles. The molecule has 1 aliphatic carbocycles. The number of imidazole rings is 2. The molecule has 240 valence electrons. The van der Waals surface area contributed by atoms with Gasteiger partial charge in [-0.3, -0.25) is 13.7 Å². The minimum atomic E-state index is -3.78. The van der Waals surface area contributed by atoms with Crippen molar-refractivity contribution in [1.82, 2.24) is 24.1 Å². The molecule has 3 aromatic heterocycles. The summed E-state index contributed by atoms with van der Waals surface area (Å²) in [5.41, 5.74) is 1.78. The second-order valence-electron chi connectivity index (χ2n) is 11.2. The number of halogens is 4. The van der Waals surface area contributed by atoms with Crippen molar-refractivity contribution in [3.8, 4) is 11.3 Å². The molecule has 4 heterocycles. The molecule has 6 rings (SSSR count). The standard InChI is InChI=1S/C28H30F4N8O4S/c1-38-14-33-13-20(38)15-7-8-17(19(10-15)39(2)45(3,42)43)34-18-11-21(36-27(41)16-12-28(16,31)32)35-25-23(18)37-26(24(29)30)40(25)22-6-4-5-9-44-22/h7-8,10-11,13-14,16,22,24H,4-6,9,12H2,1-3H3,(H2,34,35,36,41). The molecule has 1 saturated carbocycles. The Balaban J connectivity index is 1.51. The third-order valence-corrected chi connectivity index (χ3v) is 9.12. The number of nitrogens with one attached hydrogen (secondary N) is 2. The van der Waals surface area contributed by atoms with Crippen LogP contribution >= 0.6 is 0 Å². The number of amides is 1. The zero-order valence-electron chi connectivity index (χ0n) is 24.5. The number of hydrogen-bond acceptors (Lipinski definition) is 8. The minimum absolute atomic E-state index is 0.0158. The lowest BCUT2D eigenvalue weighted by Gasteiger charge is -2.25. The van der Waals surface area contributed by atoms with E-state index >= 15 is 0 Å². The molecule has 0 radical (unpaired) electrons. The molecule has 0 bridgehead atoms. The molecule has 0 spiro atoms. The highest BCUT2D eigenvalue weighted by molar-refractivity contribution is 7.92. The lowest BCUT2D eigenvalue weighted by atomic mass is 10.1. The summed E-state index contributed by atoms with van der Waals surface area (Å²) in [5.74, 6) is -6.45. The molecule has 2 atom stereocenters. The molecular formula is C28H30F4N8O4S. The molecule has 2 aliphatic rings. The summed E-state index contributed by atoms with van der Waals surface area (Å²) in [6, 6.07) is 6.22. The van der Waals surface area contributed by atoms with Gasteiger partial charge in [-0.2, -0.15) is 0 Å². The van der Waals surface area contributed by atoms with Gasteiger partial charge in [-0.25, -0.2) is 40.9 Å². The van der Waals surface area contributed by atoms with E-state index in [0.29, 0.717) is 30.7 Å². The zero-order valence-corrected chi connectivity index (χ0v) is 25.3. The average molecular weight is 651 g/mol. The zero-order chi connectivity index (χ0) is 32.3. The highest BCUT2D eigenvalue weighted by Crippen LogP contribution is 2.49. The number of benzene rings is 1. The smallest absolute Gasteiger partial charge is 0.295 e. The van der Waals surface area contributed by atoms with Crippen LogP contribution in [0.15, 0.2) is 36.8 Å². The molecule has 1 amide bonds. The first-order valence-electron chi connectivity index (χ1n) is 14.1. The van der Waals surface area contributed by atoms with Crippen LogP contribution in [0, 0.1) is 5.92 Å². The second kappa shape index (κ2) is 11.3. The Kier molecular flexibility index (Phi) is 7.71. The van der Waals surface area contributed by atoms with E-state index in [-0.39, 0.29) is 34.0 Å². The minimum Gasteiger partial charge on any atom is -0.358 e. The predicted molar refractivity (Wildman–Crippen MR) is 158 cm³/mol. The van der Waals surface area contributed by atoms with Crippen LogP contribution in [-0.4, -0.2) is 64.2 Å². The quantitative estimate of drug-likeness (QED) is 0.236. The fourth-order valence-electron chi connectivity index (χ4n) is 5.33. The summed E-state index contributed by atoms with van der Waals surface area (Å²) in [6.07, 6.45) is 1.63. The van der Waals surface area contributed by atoms with Crippen LogP contribution in [0.5, 0.6) is 0 Å². The molecule has 2 N–H and O–H groups in total. The van der Waals surface area contributed by atoms with Crippen LogP contribution in [0.2, 0.25) is 0 Å². The third kappa shape index (κ3) is 5.93. The Hall–Kier alpha value is -4.25. The Morgan fingerprint density at radius 3 is 2.53 bits per heavy atom. The normalized spacial score (nSPS) is 19.6. The number of aryl methyl sites for hydroxylation is 1. The maximum absolute atomic E-state index is 14.4. The molecule has 2 fully saturated rings. The number of aromatic nitrogens is 5. The van der Waals surface area contributed by atoms with Gasteiger partial charge in [0.2, 0.25) is 15.9 Å². The number of alkyl halides is 4. The van der Waals surface area contributed by atoms with Crippen LogP contribution in [0.25, 0.3) is 22.4 Å². The van der Waals surface area contributed by atoms with Crippen molar-refractivity contribution >= 4 is 50.0 Å². The summed E-state index contributed by atoms with van der Waals surface area (Å²) in [4.78, 5) is 25.3. The number of rotatable bonds is 9. The fourth-order valence-corrected chi connectivity index (χ4v) is 5.84. The number of carbonyl (C=O) groups is 1. The van der Waals surface area contributed by atoms with Gasteiger partial charge in [-0.15, -0.1) is 0 Å². The molecule has 45 heavy (non-hydrogen) atoms. The third-order valence-electron chi connectivity index (χ3n) is 7.92. The van der Waals surface area contributed by atoms with Gasteiger partial charge in [0.25, 0.3) is 12.3 Å². The van der Waals surface area contributed by atoms with E-state index in [4.69, 9.17) is 4.74 Å². The monoisotopic (exact) mass is 650 g/mol. The lowest BCUT2D eigenvalue weighted by Crippen LogP contribution is -2.25. The molecular weight excluding hydrogens is 620 g/mol. The summed E-state index contributed by atoms with van der Waals surface area (Å²) >= 11 is 0. The number of nitrogens with zero attached hydrogens (tertiary/aromatic N) is 6. The number of hydrogen-bond donors (Lipinski definition) is 2. The van der Waals surface area contributed by atoms with E-state index in [9.17, 15) is 30.8 Å². The number of ether oxygens (including phenoxy) is 1.